The van der Waals surface area contributed by atoms with Crippen LogP contribution >= 0.6 is 35.0 Å². The first-order valence-electron chi connectivity index (χ1n) is 7.76. The number of thioether (sulfide) groups is 1. The SMILES string of the molecule is C=CCn1c(SCc2ccc(C)cc2)nnc1-c1ccc(Cl)c(Cl)c1. The van der Waals surface area contributed by atoms with Gasteiger partial charge in [-0.25, -0.2) is 0 Å². The minimum absolute atomic E-state index is 0.501. The van der Waals surface area contributed by atoms with Gasteiger partial charge in [0.15, 0.2) is 11.0 Å². The summed E-state index contributed by atoms with van der Waals surface area (Å²) in [6.07, 6.45) is 1.83. The average molecular weight is 390 g/mol. The number of hydrogen-bond donors (Lipinski definition) is 0. The highest BCUT2D eigenvalue weighted by atomic mass is 35.5. The molecule has 0 radical (unpaired) electrons. The van der Waals surface area contributed by atoms with E-state index in [2.05, 4.69) is 48.0 Å². The van der Waals surface area contributed by atoms with Crippen molar-refractivity contribution >= 4 is 35.0 Å². The van der Waals surface area contributed by atoms with Crippen LogP contribution in [0.5, 0.6) is 0 Å². The van der Waals surface area contributed by atoms with Crippen molar-refractivity contribution in [3.63, 3.8) is 0 Å². The van der Waals surface area contributed by atoms with Gasteiger partial charge in [0.25, 0.3) is 0 Å². The van der Waals surface area contributed by atoms with E-state index in [1.807, 2.05) is 22.8 Å². The molecule has 3 aromatic rings. The lowest BCUT2D eigenvalue weighted by molar-refractivity contribution is 0.731. The van der Waals surface area contributed by atoms with Gasteiger partial charge in [-0.1, -0.05) is 70.9 Å². The van der Waals surface area contributed by atoms with Gasteiger partial charge in [0.05, 0.1) is 10.0 Å². The number of aryl methyl sites for hydroxylation is 1. The van der Waals surface area contributed by atoms with E-state index in [0.717, 1.165) is 22.3 Å². The number of benzene rings is 2. The fraction of sp³-hybridized carbons (Fsp3) is 0.158. The van der Waals surface area contributed by atoms with Crippen LogP contribution in [0.2, 0.25) is 10.0 Å². The molecule has 0 aliphatic heterocycles. The molecule has 3 nitrogen and oxygen atoms in total. The van der Waals surface area contributed by atoms with Crippen molar-refractivity contribution in [3.8, 4) is 11.4 Å². The van der Waals surface area contributed by atoms with E-state index in [0.29, 0.717) is 16.6 Å². The van der Waals surface area contributed by atoms with Crippen LogP contribution in [0.1, 0.15) is 11.1 Å². The van der Waals surface area contributed by atoms with Crippen LogP contribution < -0.4 is 0 Å². The Hall–Kier alpha value is -1.75. The Morgan fingerprint density at radius 3 is 2.52 bits per heavy atom. The Labute approximate surface area is 161 Å². The van der Waals surface area contributed by atoms with E-state index in [1.54, 1.807) is 17.8 Å². The van der Waals surface area contributed by atoms with Gasteiger partial charge in [-0.05, 0) is 30.7 Å². The minimum Gasteiger partial charge on any atom is -0.298 e. The number of rotatable bonds is 6. The first-order valence-corrected chi connectivity index (χ1v) is 9.50. The van der Waals surface area contributed by atoms with Crippen LogP contribution in [0, 0.1) is 6.92 Å². The van der Waals surface area contributed by atoms with E-state index >= 15 is 0 Å². The molecule has 0 atom stereocenters. The molecule has 25 heavy (non-hydrogen) atoms. The Morgan fingerprint density at radius 2 is 1.84 bits per heavy atom. The van der Waals surface area contributed by atoms with E-state index < -0.39 is 0 Å². The molecule has 0 unspecified atom stereocenters. The summed E-state index contributed by atoms with van der Waals surface area (Å²) in [4.78, 5) is 0. The predicted octanol–water partition coefficient (Wildman–Crippen LogP) is 6.04. The van der Waals surface area contributed by atoms with Gasteiger partial charge in [0.1, 0.15) is 0 Å². The van der Waals surface area contributed by atoms with E-state index in [-0.39, 0.29) is 0 Å². The Bertz CT molecular complexity index is 888. The third kappa shape index (κ3) is 4.27. The smallest absolute Gasteiger partial charge is 0.192 e. The number of halogens is 2. The molecule has 3 rings (SSSR count). The van der Waals surface area contributed by atoms with Gasteiger partial charge in [0.2, 0.25) is 0 Å². The maximum absolute atomic E-state index is 6.14. The molecule has 0 amide bonds. The second-order valence-electron chi connectivity index (χ2n) is 5.61. The van der Waals surface area contributed by atoms with Crippen molar-refractivity contribution in [2.45, 2.75) is 24.4 Å². The fourth-order valence-corrected chi connectivity index (χ4v) is 3.57. The zero-order chi connectivity index (χ0) is 17.8. The lowest BCUT2D eigenvalue weighted by Gasteiger charge is -2.08. The molecular formula is C19H17Cl2N3S. The van der Waals surface area contributed by atoms with Crippen molar-refractivity contribution in [2.75, 3.05) is 0 Å². The number of nitrogens with zero attached hydrogens (tertiary/aromatic N) is 3. The lowest BCUT2D eigenvalue weighted by Crippen LogP contribution is -2.00. The molecule has 2 aromatic carbocycles. The van der Waals surface area contributed by atoms with Crippen molar-refractivity contribution in [2.24, 2.45) is 0 Å². The normalized spacial score (nSPS) is 10.8. The lowest BCUT2D eigenvalue weighted by atomic mass is 10.2. The van der Waals surface area contributed by atoms with Crippen LogP contribution in [-0.2, 0) is 12.3 Å². The Morgan fingerprint density at radius 1 is 1.08 bits per heavy atom. The van der Waals surface area contributed by atoms with Crippen LogP contribution in [0.3, 0.4) is 0 Å². The van der Waals surface area contributed by atoms with Gasteiger partial charge < -0.3 is 0 Å². The van der Waals surface area contributed by atoms with Crippen LogP contribution in [0.15, 0.2) is 60.3 Å². The highest BCUT2D eigenvalue weighted by molar-refractivity contribution is 7.98. The predicted molar refractivity (Wildman–Crippen MR) is 106 cm³/mol. The highest BCUT2D eigenvalue weighted by Gasteiger charge is 2.14. The van der Waals surface area contributed by atoms with E-state index in [9.17, 15) is 0 Å². The number of hydrogen-bond acceptors (Lipinski definition) is 3. The van der Waals surface area contributed by atoms with Crippen molar-refractivity contribution in [3.05, 3.63) is 76.3 Å². The standard InChI is InChI=1S/C19H17Cl2N3S/c1-3-10-24-18(15-8-9-16(20)17(21)11-15)22-23-19(24)25-12-14-6-4-13(2)5-7-14/h3-9,11H,1,10,12H2,2H3. The highest BCUT2D eigenvalue weighted by Crippen LogP contribution is 2.30. The van der Waals surface area contributed by atoms with Gasteiger partial charge >= 0.3 is 0 Å². The van der Waals surface area contributed by atoms with Crippen molar-refractivity contribution < 1.29 is 0 Å². The average Bonchev–Trinajstić information content (AvgIpc) is 3.00. The van der Waals surface area contributed by atoms with E-state index in [1.165, 1.54) is 11.1 Å². The molecule has 0 spiro atoms. The monoisotopic (exact) mass is 389 g/mol. The van der Waals surface area contributed by atoms with Gasteiger partial charge in [-0.3, -0.25) is 4.57 Å². The molecular weight excluding hydrogens is 373 g/mol. The zero-order valence-corrected chi connectivity index (χ0v) is 16.1. The molecule has 128 valence electrons. The summed E-state index contributed by atoms with van der Waals surface area (Å²) in [7, 11) is 0. The second kappa shape index (κ2) is 8.09. The summed E-state index contributed by atoms with van der Waals surface area (Å²) in [5.41, 5.74) is 3.39. The molecule has 6 heteroatoms. The number of aromatic nitrogens is 3. The molecule has 0 aliphatic carbocycles. The summed E-state index contributed by atoms with van der Waals surface area (Å²) in [6, 6.07) is 14.0. The van der Waals surface area contributed by atoms with E-state index in [4.69, 9.17) is 23.2 Å². The molecule has 0 aliphatic rings. The summed E-state index contributed by atoms with van der Waals surface area (Å²) in [5, 5.41) is 10.6. The van der Waals surface area contributed by atoms with Gasteiger partial charge in [0, 0.05) is 17.9 Å². The maximum Gasteiger partial charge on any atom is 0.192 e. The molecule has 1 heterocycles. The summed E-state index contributed by atoms with van der Waals surface area (Å²) in [6.45, 7) is 6.55. The maximum atomic E-state index is 6.14. The summed E-state index contributed by atoms with van der Waals surface area (Å²) >= 11 is 13.8. The Balaban J connectivity index is 1.87. The van der Waals surface area contributed by atoms with Crippen LogP contribution in [0.4, 0.5) is 0 Å². The van der Waals surface area contributed by atoms with Crippen LogP contribution in [-0.4, -0.2) is 14.8 Å². The van der Waals surface area contributed by atoms with Crippen molar-refractivity contribution in [1.29, 1.82) is 0 Å². The number of allylic oxidation sites excluding steroid dienone is 1. The zero-order valence-electron chi connectivity index (χ0n) is 13.7. The van der Waals surface area contributed by atoms with Crippen LogP contribution in [0.25, 0.3) is 11.4 Å². The topological polar surface area (TPSA) is 30.7 Å². The third-order valence-corrected chi connectivity index (χ3v) is 5.47. The fourth-order valence-electron chi connectivity index (χ4n) is 2.37. The molecule has 0 N–H and O–H groups in total. The molecule has 0 saturated carbocycles. The molecule has 0 saturated heterocycles. The molecule has 0 bridgehead atoms. The first kappa shape index (κ1) is 18.1. The molecule has 0 fully saturated rings. The second-order valence-corrected chi connectivity index (χ2v) is 7.37. The first-order chi connectivity index (χ1) is 12.1. The quantitative estimate of drug-likeness (QED) is 0.380. The third-order valence-electron chi connectivity index (χ3n) is 3.69. The molecule has 1 aromatic heterocycles. The van der Waals surface area contributed by atoms with Gasteiger partial charge in [-0.15, -0.1) is 16.8 Å². The van der Waals surface area contributed by atoms with Gasteiger partial charge in [-0.2, -0.15) is 0 Å². The minimum atomic E-state index is 0.501. The summed E-state index contributed by atoms with van der Waals surface area (Å²) in [5.74, 6) is 1.58. The largest absolute Gasteiger partial charge is 0.298 e. The Kier molecular flexibility index (Phi) is 5.84. The summed E-state index contributed by atoms with van der Waals surface area (Å²) < 4.78 is 2.03. The van der Waals surface area contributed by atoms with Crippen molar-refractivity contribution in [1.82, 2.24) is 14.8 Å².